The molecule has 3 heterocycles. The van der Waals surface area contributed by atoms with Crippen LogP contribution in [0.15, 0.2) is 63.2 Å². The number of fused-ring (bicyclic) bond motifs is 3. The van der Waals surface area contributed by atoms with Crippen LogP contribution in [0.1, 0.15) is 32.6 Å². The highest BCUT2D eigenvalue weighted by Gasteiger charge is 2.42. The van der Waals surface area contributed by atoms with Crippen molar-refractivity contribution in [2.75, 3.05) is 5.75 Å². The highest BCUT2D eigenvalue weighted by molar-refractivity contribution is 7.99. The van der Waals surface area contributed by atoms with Gasteiger partial charge in [0, 0.05) is 21.9 Å². The van der Waals surface area contributed by atoms with Crippen LogP contribution in [0.4, 0.5) is 0 Å². The van der Waals surface area contributed by atoms with E-state index in [2.05, 4.69) is 12.2 Å². The van der Waals surface area contributed by atoms with Crippen LogP contribution in [0, 0.1) is 17.8 Å². The van der Waals surface area contributed by atoms with Crippen molar-refractivity contribution in [1.29, 1.82) is 0 Å². The van der Waals surface area contributed by atoms with Crippen LogP contribution >= 0.6 is 34.4 Å². The fourth-order valence-corrected chi connectivity index (χ4v) is 8.55. The lowest BCUT2D eigenvalue weighted by Crippen LogP contribution is -2.41. The molecule has 3 aromatic heterocycles. The van der Waals surface area contributed by atoms with Gasteiger partial charge in [0.2, 0.25) is 5.91 Å². The highest BCUT2D eigenvalue weighted by Crippen LogP contribution is 2.49. The Bertz CT molecular complexity index is 1410. The first-order chi connectivity index (χ1) is 17.1. The summed E-state index contributed by atoms with van der Waals surface area (Å²) in [5.41, 5.74) is 1.59. The Hall–Kier alpha value is -2.42. The SMILES string of the molecule is C[C@@H](NC(=O)CSc1nc2scc(-c3cccs3)c2c(=O)n1-c1ccccc1)[C@H]1C[C@@H]2CC[C@@H]1C2. The summed E-state index contributed by atoms with van der Waals surface area (Å²) in [4.78, 5) is 33.4. The summed E-state index contributed by atoms with van der Waals surface area (Å²) in [6, 6.07) is 13.8. The van der Waals surface area contributed by atoms with Crippen molar-refractivity contribution in [3.63, 3.8) is 0 Å². The number of benzene rings is 1. The van der Waals surface area contributed by atoms with Crippen LogP contribution in [-0.4, -0.2) is 27.3 Å². The van der Waals surface area contributed by atoms with E-state index in [0.29, 0.717) is 21.3 Å². The molecule has 4 aromatic rings. The van der Waals surface area contributed by atoms with Gasteiger partial charge in [-0.15, -0.1) is 22.7 Å². The molecule has 2 bridgehead atoms. The summed E-state index contributed by atoms with van der Waals surface area (Å²) in [6.07, 6.45) is 5.25. The van der Waals surface area contributed by atoms with Gasteiger partial charge in [0.15, 0.2) is 5.16 Å². The fraction of sp³-hybridized carbons (Fsp3) is 0.370. The molecule has 2 saturated carbocycles. The Balaban J connectivity index is 1.28. The minimum atomic E-state index is -0.0934. The average Bonchev–Trinajstić information content (AvgIpc) is 3.67. The molecule has 1 amide bonds. The number of aromatic nitrogens is 2. The maximum absolute atomic E-state index is 13.8. The lowest BCUT2D eigenvalue weighted by atomic mass is 9.84. The second kappa shape index (κ2) is 9.56. The van der Waals surface area contributed by atoms with Gasteiger partial charge < -0.3 is 5.32 Å². The third kappa shape index (κ3) is 4.36. The molecule has 1 aromatic carbocycles. The molecule has 4 atom stereocenters. The molecule has 0 aliphatic heterocycles. The quantitative estimate of drug-likeness (QED) is 0.232. The lowest BCUT2D eigenvalue weighted by Gasteiger charge is -2.28. The predicted octanol–water partition coefficient (Wildman–Crippen LogP) is 6.21. The molecule has 6 rings (SSSR count). The summed E-state index contributed by atoms with van der Waals surface area (Å²) < 4.78 is 1.66. The second-order valence-electron chi connectivity index (χ2n) is 9.66. The molecule has 1 N–H and O–H groups in total. The number of rotatable bonds is 7. The molecule has 2 aliphatic carbocycles. The first kappa shape index (κ1) is 23.0. The van der Waals surface area contributed by atoms with Gasteiger partial charge in [0.05, 0.1) is 16.8 Å². The van der Waals surface area contributed by atoms with Gasteiger partial charge in [-0.25, -0.2) is 4.98 Å². The summed E-state index contributed by atoms with van der Waals surface area (Å²) >= 11 is 4.43. The minimum absolute atomic E-state index is 0.00434. The Labute approximate surface area is 216 Å². The number of thioether (sulfide) groups is 1. The van der Waals surface area contributed by atoms with Gasteiger partial charge in [0.25, 0.3) is 5.56 Å². The van der Waals surface area contributed by atoms with E-state index in [9.17, 15) is 9.59 Å². The number of para-hydroxylation sites is 1. The molecular weight excluding hydrogens is 495 g/mol. The Kier molecular flexibility index (Phi) is 6.28. The third-order valence-corrected chi connectivity index (χ3v) is 10.2. The van der Waals surface area contributed by atoms with Gasteiger partial charge >= 0.3 is 0 Å². The van der Waals surface area contributed by atoms with Crippen LogP contribution in [-0.2, 0) is 4.79 Å². The van der Waals surface area contributed by atoms with Crippen LogP contribution in [0.3, 0.4) is 0 Å². The lowest BCUT2D eigenvalue weighted by molar-refractivity contribution is -0.119. The maximum atomic E-state index is 13.8. The Morgan fingerprint density at radius 2 is 2.03 bits per heavy atom. The summed E-state index contributed by atoms with van der Waals surface area (Å²) in [7, 11) is 0. The summed E-state index contributed by atoms with van der Waals surface area (Å²) in [6.45, 7) is 2.15. The Morgan fingerprint density at radius 3 is 2.74 bits per heavy atom. The number of carbonyl (C=O) groups excluding carboxylic acids is 1. The normalized spacial score (nSPS) is 22.0. The zero-order valence-corrected chi connectivity index (χ0v) is 21.9. The largest absolute Gasteiger partial charge is 0.353 e. The molecular formula is C27H27N3O2S3. The van der Waals surface area contributed by atoms with Crippen molar-refractivity contribution in [2.45, 2.75) is 43.8 Å². The van der Waals surface area contributed by atoms with Crippen molar-refractivity contribution < 1.29 is 4.79 Å². The van der Waals surface area contributed by atoms with E-state index in [4.69, 9.17) is 4.98 Å². The standard InChI is InChI=1S/C27H27N3O2S3/c1-16(20-13-17-9-10-18(20)12-17)28-23(31)15-35-27-29-25-24(21(14-34-25)22-8-5-11-33-22)26(32)30(27)19-6-3-2-4-7-19/h2-8,11,14,16-18,20H,9-10,12-13,15H2,1H3,(H,28,31)/t16-,17-,18-,20-/m1/s1. The number of carbonyl (C=O) groups is 1. The minimum Gasteiger partial charge on any atom is -0.353 e. The van der Waals surface area contributed by atoms with E-state index in [-0.39, 0.29) is 23.3 Å². The summed E-state index contributed by atoms with van der Waals surface area (Å²) in [5, 5.41) is 8.46. The van der Waals surface area contributed by atoms with Gasteiger partial charge in [-0.05, 0) is 67.5 Å². The van der Waals surface area contributed by atoms with Gasteiger partial charge in [-0.3, -0.25) is 14.2 Å². The van der Waals surface area contributed by atoms with Crippen LogP contribution in [0.25, 0.3) is 26.3 Å². The van der Waals surface area contributed by atoms with E-state index in [1.54, 1.807) is 15.9 Å². The Morgan fingerprint density at radius 1 is 1.17 bits per heavy atom. The monoisotopic (exact) mass is 521 g/mol. The summed E-state index contributed by atoms with van der Waals surface area (Å²) in [5.74, 6) is 2.47. The topological polar surface area (TPSA) is 64.0 Å². The molecule has 0 saturated heterocycles. The second-order valence-corrected chi connectivity index (χ2v) is 12.4. The molecule has 180 valence electrons. The van der Waals surface area contributed by atoms with E-state index in [0.717, 1.165) is 28.0 Å². The third-order valence-electron chi connectivity index (χ3n) is 7.53. The van der Waals surface area contributed by atoms with E-state index >= 15 is 0 Å². The van der Waals surface area contributed by atoms with Crippen molar-refractivity contribution in [3.05, 3.63) is 63.6 Å². The van der Waals surface area contributed by atoms with Crippen molar-refractivity contribution in [1.82, 2.24) is 14.9 Å². The van der Waals surface area contributed by atoms with Crippen LogP contribution in [0.2, 0.25) is 0 Å². The van der Waals surface area contributed by atoms with Crippen LogP contribution in [0.5, 0.6) is 0 Å². The van der Waals surface area contributed by atoms with Crippen molar-refractivity contribution in [3.8, 4) is 16.1 Å². The first-order valence-electron chi connectivity index (χ1n) is 12.1. The molecule has 2 fully saturated rings. The van der Waals surface area contributed by atoms with Crippen molar-refractivity contribution >= 4 is 50.6 Å². The number of nitrogens with zero attached hydrogens (tertiary/aromatic N) is 2. The number of nitrogens with one attached hydrogen (secondary N) is 1. The van der Waals surface area contributed by atoms with E-state index < -0.39 is 0 Å². The molecule has 8 heteroatoms. The van der Waals surface area contributed by atoms with Gasteiger partial charge in [-0.1, -0.05) is 42.4 Å². The predicted molar refractivity (Wildman–Crippen MR) is 146 cm³/mol. The fourth-order valence-electron chi connectivity index (χ4n) is 5.93. The molecule has 0 spiro atoms. The van der Waals surface area contributed by atoms with Gasteiger partial charge in [-0.2, -0.15) is 0 Å². The molecule has 0 radical (unpaired) electrons. The zero-order valence-electron chi connectivity index (χ0n) is 19.5. The molecule has 2 aliphatic rings. The molecule has 0 unspecified atom stereocenters. The van der Waals surface area contributed by atoms with Crippen molar-refractivity contribution in [2.24, 2.45) is 17.8 Å². The van der Waals surface area contributed by atoms with Crippen LogP contribution < -0.4 is 10.9 Å². The van der Waals surface area contributed by atoms with E-state index in [1.807, 2.05) is 53.2 Å². The van der Waals surface area contributed by atoms with E-state index in [1.165, 1.54) is 48.8 Å². The smallest absolute Gasteiger partial charge is 0.268 e. The highest BCUT2D eigenvalue weighted by atomic mass is 32.2. The zero-order chi connectivity index (χ0) is 23.9. The molecule has 35 heavy (non-hydrogen) atoms. The number of hydrogen-bond donors (Lipinski definition) is 1. The number of thiophene rings is 2. The average molecular weight is 522 g/mol. The number of hydrogen-bond acceptors (Lipinski definition) is 6. The maximum Gasteiger partial charge on any atom is 0.268 e. The first-order valence-corrected chi connectivity index (χ1v) is 14.9. The number of amides is 1. The van der Waals surface area contributed by atoms with Gasteiger partial charge in [0.1, 0.15) is 4.83 Å². The molecule has 5 nitrogen and oxygen atoms in total.